The van der Waals surface area contributed by atoms with Gasteiger partial charge < -0.3 is 25.9 Å². The third kappa shape index (κ3) is 4.91. The van der Waals surface area contributed by atoms with Crippen molar-refractivity contribution in [1.82, 2.24) is 25.3 Å². The predicted molar refractivity (Wildman–Crippen MR) is 95.6 cm³/mol. The molecule has 0 bridgehead atoms. The van der Waals surface area contributed by atoms with Crippen LogP contribution in [0.25, 0.3) is 11.2 Å². The lowest BCUT2D eigenvalue weighted by Gasteiger charge is -2.08. The molecule has 0 spiro atoms. The monoisotopic (exact) mass is 370 g/mol. The quantitative estimate of drug-likeness (QED) is 0.457. The van der Waals surface area contributed by atoms with E-state index in [1.807, 2.05) is 24.3 Å². The first-order valence-corrected chi connectivity index (χ1v) is 8.17. The van der Waals surface area contributed by atoms with Crippen LogP contribution in [-0.4, -0.2) is 36.9 Å². The van der Waals surface area contributed by atoms with Gasteiger partial charge in [-0.3, -0.25) is 9.59 Å². The summed E-state index contributed by atoms with van der Waals surface area (Å²) in [6, 6.07) is 7.45. The number of aromatic nitrogens is 4. The van der Waals surface area contributed by atoms with Crippen LogP contribution >= 0.6 is 0 Å². The number of amides is 1. The summed E-state index contributed by atoms with van der Waals surface area (Å²) in [6.45, 7) is 0.604. The Bertz CT molecular complexity index is 954. The molecule has 2 heterocycles. The number of carbonyl (C=O) groups excluding carboxylic acids is 1. The van der Waals surface area contributed by atoms with Gasteiger partial charge in [0.15, 0.2) is 5.65 Å². The predicted octanol–water partition coefficient (Wildman–Crippen LogP) is 0.995. The van der Waals surface area contributed by atoms with E-state index < -0.39 is 5.97 Å². The van der Waals surface area contributed by atoms with Crippen molar-refractivity contribution in [2.45, 2.75) is 26.0 Å². The normalized spacial score (nSPS) is 10.7. The first kappa shape index (κ1) is 18.1. The number of ether oxygens (including phenoxy) is 1. The summed E-state index contributed by atoms with van der Waals surface area (Å²) in [5, 5.41) is 11.2. The number of rotatable bonds is 8. The van der Waals surface area contributed by atoms with E-state index in [2.05, 4.69) is 25.3 Å². The molecule has 140 valence electrons. The molecule has 0 fully saturated rings. The van der Waals surface area contributed by atoms with Crippen molar-refractivity contribution in [2.24, 2.45) is 0 Å². The highest BCUT2D eigenvalue weighted by Gasteiger charge is 2.10. The first-order valence-electron chi connectivity index (χ1n) is 8.17. The summed E-state index contributed by atoms with van der Waals surface area (Å²) in [6.07, 6.45) is 1.27. The number of carboxylic acid groups (broad SMARTS) is 1. The highest BCUT2D eigenvalue weighted by molar-refractivity contribution is 5.80. The fourth-order valence-electron chi connectivity index (χ4n) is 2.34. The second-order valence-corrected chi connectivity index (χ2v) is 5.76. The summed E-state index contributed by atoms with van der Waals surface area (Å²) in [5.74, 6) is -0.884. The van der Waals surface area contributed by atoms with Crippen molar-refractivity contribution in [3.8, 4) is 5.88 Å². The van der Waals surface area contributed by atoms with E-state index in [-0.39, 0.29) is 31.3 Å². The van der Waals surface area contributed by atoms with E-state index >= 15 is 0 Å². The van der Waals surface area contributed by atoms with Gasteiger partial charge in [0.05, 0.1) is 12.7 Å². The molecule has 10 nitrogen and oxygen atoms in total. The Hall–Kier alpha value is -3.69. The Morgan fingerprint density at radius 3 is 2.63 bits per heavy atom. The fourth-order valence-corrected chi connectivity index (χ4v) is 2.34. The number of nitrogens with zero attached hydrogens (tertiary/aromatic N) is 3. The van der Waals surface area contributed by atoms with Crippen LogP contribution in [0.5, 0.6) is 5.88 Å². The van der Waals surface area contributed by atoms with E-state index in [1.165, 1.54) is 6.33 Å². The molecule has 3 rings (SSSR count). The van der Waals surface area contributed by atoms with Gasteiger partial charge in [0.1, 0.15) is 12.1 Å². The molecule has 0 saturated heterocycles. The third-order valence-corrected chi connectivity index (χ3v) is 3.72. The molecule has 0 unspecified atom stereocenters. The number of aromatic amines is 1. The first-order chi connectivity index (χ1) is 13.0. The summed E-state index contributed by atoms with van der Waals surface area (Å²) in [7, 11) is 0. The van der Waals surface area contributed by atoms with Gasteiger partial charge in [-0.25, -0.2) is 4.98 Å². The van der Waals surface area contributed by atoms with Crippen molar-refractivity contribution >= 4 is 29.0 Å². The van der Waals surface area contributed by atoms with Crippen LogP contribution in [0.3, 0.4) is 0 Å². The largest absolute Gasteiger partial charge is 0.481 e. The number of aliphatic carboxylic acids is 1. The molecule has 0 saturated carbocycles. The molecule has 0 aliphatic heterocycles. The maximum absolute atomic E-state index is 11.5. The van der Waals surface area contributed by atoms with E-state index in [4.69, 9.17) is 15.6 Å². The topological polar surface area (TPSA) is 156 Å². The Morgan fingerprint density at radius 1 is 1.15 bits per heavy atom. The number of nitrogens with two attached hydrogens (primary N) is 1. The Kier molecular flexibility index (Phi) is 5.45. The molecule has 3 aromatic rings. The number of nitrogens with one attached hydrogen (secondary N) is 2. The summed E-state index contributed by atoms with van der Waals surface area (Å²) >= 11 is 0. The van der Waals surface area contributed by atoms with E-state index in [1.54, 1.807) is 0 Å². The molecule has 0 aliphatic rings. The summed E-state index contributed by atoms with van der Waals surface area (Å²) in [5.41, 5.74) is 8.45. The third-order valence-electron chi connectivity index (χ3n) is 3.72. The molecule has 5 N–H and O–H groups in total. The Morgan fingerprint density at radius 2 is 1.89 bits per heavy atom. The molecule has 10 heteroatoms. The number of nitrogen functional groups attached to an aromatic ring is 1. The second kappa shape index (κ2) is 8.13. The number of H-pyrrole nitrogens is 1. The summed E-state index contributed by atoms with van der Waals surface area (Å²) in [4.78, 5) is 37.0. The van der Waals surface area contributed by atoms with E-state index in [0.29, 0.717) is 23.6 Å². The molecular formula is C17H18N6O4. The van der Waals surface area contributed by atoms with Crippen LogP contribution in [0.1, 0.15) is 24.0 Å². The molecule has 0 atom stereocenters. The minimum atomic E-state index is -0.993. The average molecular weight is 370 g/mol. The number of carboxylic acids is 1. The number of hydrogen-bond acceptors (Lipinski definition) is 7. The van der Waals surface area contributed by atoms with Crippen LogP contribution in [-0.2, 0) is 22.7 Å². The van der Waals surface area contributed by atoms with Gasteiger partial charge in [-0.15, -0.1) is 0 Å². The number of carbonyl (C=O) groups is 2. The fraction of sp³-hybridized carbons (Fsp3) is 0.235. The number of hydrogen-bond donors (Lipinski definition) is 4. The zero-order valence-corrected chi connectivity index (χ0v) is 14.3. The molecular weight excluding hydrogens is 352 g/mol. The van der Waals surface area contributed by atoms with Crippen LogP contribution < -0.4 is 15.8 Å². The summed E-state index contributed by atoms with van der Waals surface area (Å²) < 4.78 is 5.71. The minimum absolute atomic E-state index is 0.0363. The standard InChI is InChI=1S/C17H18N6O4/c18-17-22-15-14(20-9-21-15)16(23-17)27-8-11-3-1-10(2-4-11)7-19-12(24)5-6-13(25)26/h1-4,9H,5-8H2,(H,19,24)(H,25,26)(H3,18,20,21,22,23). The van der Waals surface area contributed by atoms with Gasteiger partial charge in [0.25, 0.3) is 0 Å². The van der Waals surface area contributed by atoms with Crippen molar-refractivity contribution in [2.75, 3.05) is 5.73 Å². The van der Waals surface area contributed by atoms with Crippen molar-refractivity contribution in [3.63, 3.8) is 0 Å². The highest BCUT2D eigenvalue weighted by Crippen LogP contribution is 2.20. The van der Waals surface area contributed by atoms with Crippen molar-refractivity contribution < 1.29 is 19.4 Å². The van der Waals surface area contributed by atoms with Gasteiger partial charge >= 0.3 is 5.97 Å². The molecule has 1 amide bonds. The number of anilines is 1. The smallest absolute Gasteiger partial charge is 0.303 e. The Balaban J connectivity index is 1.54. The van der Waals surface area contributed by atoms with Crippen LogP contribution in [0.2, 0.25) is 0 Å². The van der Waals surface area contributed by atoms with Crippen LogP contribution in [0, 0.1) is 0 Å². The van der Waals surface area contributed by atoms with Crippen LogP contribution in [0.15, 0.2) is 30.6 Å². The molecule has 1 aromatic carbocycles. The van der Waals surface area contributed by atoms with Gasteiger partial charge in [-0.2, -0.15) is 9.97 Å². The lowest BCUT2D eigenvalue weighted by molar-refractivity contribution is -0.138. The molecule has 0 radical (unpaired) electrons. The Labute approximate surface area is 153 Å². The lowest BCUT2D eigenvalue weighted by atomic mass is 10.1. The molecule has 2 aromatic heterocycles. The minimum Gasteiger partial charge on any atom is -0.481 e. The van der Waals surface area contributed by atoms with Gasteiger partial charge in [-0.05, 0) is 11.1 Å². The maximum atomic E-state index is 11.5. The highest BCUT2D eigenvalue weighted by atomic mass is 16.5. The van der Waals surface area contributed by atoms with Crippen molar-refractivity contribution in [1.29, 1.82) is 0 Å². The van der Waals surface area contributed by atoms with Crippen LogP contribution in [0.4, 0.5) is 5.95 Å². The van der Waals surface area contributed by atoms with Gasteiger partial charge in [-0.1, -0.05) is 24.3 Å². The lowest BCUT2D eigenvalue weighted by Crippen LogP contribution is -2.23. The number of benzene rings is 1. The number of fused-ring (bicyclic) bond motifs is 1. The van der Waals surface area contributed by atoms with Crippen molar-refractivity contribution in [3.05, 3.63) is 41.7 Å². The van der Waals surface area contributed by atoms with Gasteiger partial charge in [0.2, 0.25) is 17.7 Å². The SMILES string of the molecule is Nc1nc(OCc2ccc(CNC(=O)CCC(=O)O)cc2)c2[nH]cnc2n1. The van der Waals surface area contributed by atoms with E-state index in [9.17, 15) is 9.59 Å². The zero-order chi connectivity index (χ0) is 19.2. The molecule has 27 heavy (non-hydrogen) atoms. The number of imidazole rings is 1. The van der Waals surface area contributed by atoms with Gasteiger partial charge in [0, 0.05) is 13.0 Å². The second-order valence-electron chi connectivity index (χ2n) is 5.76. The average Bonchev–Trinajstić information content (AvgIpc) is 3.12. The maximum Gasteiger partial charge on any atom is 0.303 e. The van der Waals surface area contributed by atoms with E-state index in [0.717, 1.165) is 11.1 Å². The zero-order valence-electron chi connectivity index (χ0n) is 14.3. The molecule has 0 aliphatic carbocycles.